The summed E-state index contributed by atoms with van der Waals surface area (Å²) in [6, 6.07) is -2.10. The Kier molecular flexibility index (Phi) is 9.05. The summed E-state index contributed by atoms with van der Waals surface area (Å²) >= 11 is 0. The number of hydrogen-bond acceptors (Lipinski definition) is 6. The second-order valence-corrected chi connectivity index (χ2v) is 3.83. The molecule has 0 aromatic heterocycles. The van der Waals surface area contributed by atoms with Crippen LogP contribution in [0, 0.1) is 0 Å². The van der Waals surface area contributed by atoms with E-state index >= 15 is 0 Å². The van der Waals surface area contributed by atoms with E-state index < -0.39 is 30.6 Å². The minimum Gasteiger partial charge on any atom is -0.480 e. The largest absolute Gasteiger partial charge is 0.480 e. The van der Waals surface area contributed by atoms with Gasteiger partial charge in [0.05, 0.1) is 26.7 Å². The first-order chi connectivity index (χ1) is 9.46. The van der Waals surface area contributed by atoms with Gasteiger partial charge in [0.25, 0.3) is 0 Å². The van der Waals surface area contributed by atoms with Gasteiger partial charge in [-0.1, -0.05) is 0 Å². The van der Waals surface area contributed by atoms with Crippen LogP contribution in [0.1, 0.15) is 6.42 Å². The fourth-order valence-corrected chi connectivity index (χ4v) is 1.27. The predicted molar refractivity (Wildman–Crippen MR) is 67.1 cm³/mol. The van der Waals surface area contributed by atoms with Crippen LogP contribution in [0.25, 0.3) is 0 Å². The van der Waals surface area contributed by atoms with Gasteiger partial charge >= 0.3 is 18.0 Å². The number of hydrogen-bond donors (Lipinski definition) is 3. The molecular weight excluding hydrogens is 272 g/mol. The Morgan fingerprint density at radius 3 is 2.35 bits per heavy atom. The number of rotatable bonds is 9. The SMILES string of the molecule is COCCN(CCC(=O)OC)C(=O)NC(CO)C(=O)O. The second kappa shape index (κ2) is 9.98. The highest BCUT2D eigenvalue weighted by Gasteiger charge is 2.22. The van der Waals surface area contributed by atoms with E-state index in [1.54, 1.807) is 0 Å². The highest BCUT2D eigenvalue weighted by atomic mass is 16.5. The highest BCUT2D eigenvalue weighted by Crippen LogP contribution is 1.97. The monoisotopic (exact) mass is 292 g/mol. The minimum absolute atomic E-state index is 0.0233. The van der Waals surface area contributed by atoms with Gasteiger partial charge in [0.2, 0.25) is 0 Å². The molecule has 0 saturated heterocycles. The van der Waals surface area contributed by atoms with Gasteiger partial charge < -0.3 is 29.9 Å². The highest BCUT2D eigenvalue weighted by molar-refractivity contribution is 5.83. The maximum Gasteiger partial charge on any atom is 0.328 e. The molecule has 3 N–H and O–H groups in total. The number of methoxy groups -OCH3 is 2. The molecule has 9 nitrogen and oxygen atoms in total. The summed E-state index contributed by atoms with van der Waals surface area (Å²) in [5.74, 6) is -1.84. The summed E-state index contributed by atoms with van der Waals surface area (Å²) in [5, 5.41) is 19.7. The summed E-state index contributed by atoms with van der Waals surface area (Å²) in [7, 11) is 2.68. The molecule has 0 spiro atoms. The number of nitrogens with one attached hydrogen (secondary N) is 1. The van der Waals surface area contributed by atoms with E-state index in [2.05, 4.69) is 10.1 Å². The average molecular weight is 292 g/mol. The Bertz CT molecular complexity index is 335. The first-order valence-corrected chi connectivity index (χ1v) is 5.91. The van der Waals surface area contributed by atoms with Gasteiger partial charge in [0, 0.05) is 20.2 Å². The molecule has 0 bridgehead atoms. The van der Waals surface area contributed by atoms with E-state index in [-0.39, 0.29) is 26.1 Å². The van der Waals surface area contributed by atoms with E-state index in [1.807, 2.05) is 0 Å². The van der Waals surface area contributed by atoms with Crippen molar-refractivity contribution in [2.24, 2.45) is 0 Å². The lowest BCUT2D eigenvalue weighted by Gasteiger charge is -2.24. The van der Waals surface area contributed by atoms with Crippen LogP contribution in [0.5, 0.6) is 0 Å². The first kappa shape index (κ1) is 18.1. The molecule has 1 atom stereocenters. The van der Waals surface area contributed by atoms with Crippen molar-refractivity contribution in [3.63, 3.8) is 0 Å². The summed E-state index contributed by atoms with van der Waals surface area (Å²) in [6.45, 7) is -0.265. The van der Waals surface area contributed by atoms with Gasteiger partial charge in [-0.2, -0.15) is 0 Å². The number of esters is 1. The van der Waals surface area contributed by atoms with E-state index in [9.17, 15) is 14.4 Å². The normalized spacial score (nSPS) is 11.6. The molecule has 1 unspecified atom stereocenters. The molecule has 0 fully saturated rings. The quantitative estimate of drug-likeness (QED) is 0.449. The predicted octanol–water partition coefficient (Wildman–Crippen LogP) is -1.35. The van der Waals surface area contributed by atoms with E-state index in [1.165, 1.54) is 19.1 Å². The third-order valence-electron chi connectivity index (χ3n) is 2.44. The van der Waals surface area contributed by atoms with Crippen LogP contribution in [-0.4, -0.2) is 79.6 Å². The fraction of sp³-hybridized carbons (Fsp3) is 0.727. The number of carbonyl (C=O) groups excluding carboxylic acids is 2. The molecule has 0 saturated carbocycles. The zero-order valence-corrected chi connectivity index (χ0v) is 11.5. The van der Waals surface area contributed by atoms with Gasteiger partial charge in [-0.05, 0) is 0 Å². The molecule has 9 heteroatoms. The molecule has 20 heavy (non-hydrogen) atoms. The summed E-state index contributed by atoms with van der Waals surface area (Å²) < 4.78 is 9.29. The molecule has 0 aliphatic carbocycles. The maximum absolute atomic E-state index is 11.9. The molecular formula is C11H20N2O7. The molecule has 0 aliphatic rings. The van der Waals surface area contributed by atoms with E-state index in [0.29, 0.717) is 0 Å². The van der Waals surface area contributed by atoms with Crippen LogP contribution in [-0.2, 0) is 19.1 Å². The van der Waals surface area contributed by atoms with Crippen molar-refractivity contribution >= 4 is 18.0 Å². The molecule has 0 aromatic rings. The third-order valence-corrected chi connectivity index (χ3v) is 2.44. The molecule has 2 amide bonds. The lowest BCUT2D eigenvalue weighted by atomic mass is 10.3. The van der Waals surface area contributed by atoms with Gasteiger partial charge in [-0.3, -0.25) is 4.79 Å². The summed E-state index contributed by atoms with van der Waals surface area (Å²) in [6.07, 6.45) is -0.0233. The number of carboxylic acid groups (broad SMARTS) is 1. The smallest absolute Gasteiger partial charge is 0.328 e. The van der Waals surface area contributed by atoms with Crippen LogP contribution >= 0.6 is 0 Å². The summed E-state index contributed by atoms with van der Waals surface area (Å²) in [5.41, 5.74) is 0. The van der Waals surface area contributed by atoms with Crippen molar-refractivity contribution in [2.45, 2.75) is 12.5 Å². The molecule has 0 rings (SSSR count). The summed E-state index contributed by atoms with van der Waals surface area (Å²) in [4.78, 5) is 34.8. The molecule has 0 aliphatic heterocycles. The van der Waals surface area contributed by atoms with Crippen molar-refractivity contribution < 1.29 is 34.1 Å². The number of carboxylic acids is 1. The van der Waals surface area contributed by atoms with Crippen LogP contribution in [0.15, 0.2) is 0 Å². The Hall–Kier alpha value is -1.87. The van der Waals surface area contributed by atoms with Crippen LogP contribution < -0.4 is 5.32 Å². The Labute approximate surface area is 116 Å². The lowest BCUT2D eigenvalue weighted by molar-refractivity contribution is -0.141. The van der Waals surface area contributed by atoms with E-state index in [4.69, 9.17) is 14.9 Å². The Morgan fingerprint density at radius 2 is 1.90 bits per heavy atom. The number of urea groups is 1. The Balaban J connectivity index is 4.53. The van der Waals surface area contributed by atoms with Gasteiger partial charge in [0.15, 0.2) is 6.04 Å². The van der Waals surface area contributed by atoms with Crippen molar-refractivity contribution in [3.05, 3.63) is 0 Å². The Morgan fingerprint density at radius 1 is 1.25 bits per heavy atom. The second-order valence-electron chi connectivity index (χ2n) is 3.83. The third kappa shape index (κ3) is 6.90. The number of amides is 2. The van der Waals surface area contributed by atoms with Crippen molar-refractivity contribution in [3.8, 4) is 0 Å². The first-order valence-electron chi connectivity index (χ1n) is 5.91. The topological polar surface area (TPSA) is 125 Å². The minimum atomic E-state index is -1.40. The average Bonchev–Trinajstić information content (AvgIpc) is 2.43. The van der Waals surface area contributed by atoms with Crippen molar-refractivity contribution in [1.82, 2.24) is 10.2 Å². The standard InChI is InChI=1S/C11H20N2O7/c1-19-6-5-13(4-3-9(15)20-2)11(18)12-8(7-14)10(16)17/h8,14H,3-7H2,1-2H3,(H,12,18)(H,16,17). The van der Waals surface area contributed by atoms with Crippen molar-refractivity contribution in [2.75, 3.05) is 40.5 Å². The number of ether oxygens (including phenoxy) is 2. The maximum atomic E-state index is 11.9. The molecule has 0 radical (unpaired) electrons. The molecule has 0 heterocycles. The fourth-order valence-electron chi connectivity index (χ4n) is 1.27. The zero-order chi connectivity index (χ0) is 15.5. The van der Waals surface area contributed by atoms with Gasteiger partial charge in [-0.15, -0.1) is 0 Å². The molecule has 116 valence electrons. The number of aliphatic hydroxyl groups is 1. The van der Waals surface area contributed by atoms with Crippen LogP contribution in [0.3, 0.4) is 0 Å². The number of aliphatic carboxylic acids is 1. The van der Waals surface area contributed by atoms with Crippen molar-refractivity contribution in [1.29, 1.82) is 0 Å². The van der Waals surface area contributed by atoms with Crippen LogP contribution in [0.4, 0.5) is 4.79 Å². The van der Waals surface area contributed by atoms with E-state index in [0.717, 1.165) is 0 Å². The number of nitrogens with zero attached hydrogens (tertiary/aromatic N) is 1. The van der Waals surface area contributed by atoms with Crippen LogP contribution in [0.2, 0.25) is 0 Å². The molecule has 0 aromatic carbocycles. The lowest BCUT2D eigenvalue weighted by Crippen LogP contribution is -2.50. The number of carbonyl (C=O) groups is 3. The van der Waals surface area contributed by atoms with Gasteiger partial charge in [0.1, 0.15) is 0 Å². The van der Waals surface area contributed by atoms with Gasteiger partial charge in [-0.25, -0.2) is 9.59 Å². The zero-order valence-electron chi connectivity index (χ0n) is 11.5. The number of aliphatic hydroxyl groups excluding tert-OH is 1.